The van der Waals surface area contributed by atoms with E-state index < -0.39 is 0 Å². The fourth-order valence-electron chi connectivity index (χ4n) is 1.70. The van der Waals surface area contributed by atoms with E-state index in [1.165, 1.54) is 0 Å². The molecule has 1 aromatic carbocycles. The van der Waals surface area contributed by atoms with Crippen LogP contribution in [0, 0.1) is 13.8 Å². The molecule has 0 amide bonds. The topological polar surface area (TPSA) is 47.0 Å². The lowest BCUT2D eigenvalue weighted by Crippen LogP contribution is -2.06. The summed E-state index contributed by atoms with van der Waals surface area (Å²) in [5.74, 6) is 2.51. The zero-order valence-corrected chi connectivity index (χ0v) is 13.8. The summed E-state index contributed by atoms with van der Waals surface area (Å²) >= 11 is 9.52. The molecule has 1 heterocycles. The van der Waals surface area contributed by atoms with Crippen LogP contribution >= 0.6 is 27.5 Å². The third-order valence-electron chi connectivity index (χ3n) is 2.66. The van der Waals surface area contributed by atoms with Gasteiger partial charge in [-0.1, -0.05) is 27.5 Å². The second-order valence-electron chi connectivity index (χ2n) is 4.26. The molecule has 0 atom stereocenters. The lowest BCUT2D eigenvalue weighted by Gasteiger charge is -2.13. The number of benzene rings is 1. The fraction of sp³-hybridized carbons (Fsp3) is 0.286. The van der Waals surface area contributed by atoms with Crippen LogP contribution in [0.25, 0.3) is 0 Å². The highest BCUT2D eigenvalue weighted by molar-refractivity contribution is 9.10. The summed E-state index contributed by atoms with van der Waals surface area (Å²) in [6.07, 6.45) is 0. The van der Waals surface area contributed by atoms with Crippen LogP contribution in [0.15, 0.2) is 22.7 Å². The molecule has 4 nitrogen and oxygen atoms in total. The van der Waals surface area contributed by atoms with Crippen LogP contribution < -0.4 is 10.1 Å². The summed E-state index contributed by atoms with van der Waals surface area (Å²) in [4.78, 5) is 8.69. The molecule has 20 heavy (non-hydrogen) atoms. The van der Waals surface area contributed by atoms with Gasteiger partial charge in [-0.05, 0) is 39.0 Å². The maximum atomic E-state index is 6.16. The van der Waals surface area contributed by atoms with Crippen molar-refractivity contribution in [1.29, 1.82) is 0 Å². The Bertz CT molecular complexity index is 634. The highest BCUT2D eigenvalue weighted by Gasteiger charge is 2.12. The van der Waals surface area contributed by atoms with Crippen molar-refractivity contribution < 1.29 is 4.74 Å². The number of hydrogen-bond acceptors (Lipinski definition) is 4. The van der Waals surface area contributed by atoms with Crippen LogP contribution in [0.1, 0.15) is 18.3 Å². The average molecular weight is 357 g/mol. The maximum Gasteiger partial charge on any atom is 0.227 e. The van der Waals surface area contributed by atoms with Crippen molar-refractivity contribution >= 4 is 33.3 Å². The third kappa shape index (κ3) is 3.41. The minimum absolute atomic E-state index is 0.512. The van der Waals surface area contributed by atoms with Crippen molar-refractivity contribution in [3.8, 4) is 11.6 Å². The van der Waals surface area contributed by atoms with E-state index in [9.17, 15) is 0 Å². The number of halogens is 2. The van der Waals surface area contributed by atoms with Crippen LogP contribution in [0.2, 0.25) is 5.02 Å². The Balaban J connectivity index is 2.37. The molecule has 1 N–H and O–H groups in total. The second kappa shape index (κ2) is 6.41. The van der Waals surface area contributed by atoms with Crippen molar-refractivity contribution in [2.45, 2.75) is 20.8 Å². The Morgan fingerprint density at radius 1 is 1.30 bits per heavy atom. The molecule has 0 saturated carbocycles. The third-order valence-corrected chi connectivity index (χ3v) is 3.45. The molecule has 0 aliphatic heterocycles. The predicted molar refractivity (Wildman–Crippen MR) is 84.9 cm³/mol. The lowest BCUT2D eigenvalue weighted by atomic mass is 10.3. The van der Waals surface area contributed by atoms with Crippen LogP contribution in [-0.4, -0.2) is 16.5 Å². The van der Waals surface area contributed by atoms with Gasteiger partial charge in [0.15, 0.2) is 0 Å². The molecule has 0 spiro atoms. The van der Waals surface area contributed by atoms with E-state index >= 15 is 0 Å². The largest absolute Gasteiger partial charge is 0.437 e. The zero-order valence-electron chi connectivity index (χ0n) is 11.5. The Morgan fingerprint density at radius 3 is 2.70 bits per heavy atom. The van der Waals surface area contributed by atoms with Gasteiger partial charge in [-0.3, -0.25) is 0 Å². The molecule has 106 valence electrons. The summed E-state index contributed by atoms with van der Waals surface area (Å²) in [7, 11) is 0. The van der Waals surface area contributed by atoms with E-state index in [-0.39, 0.29) is 0 Å². The summed E-state index contributed by atoms with van der Waals surface area (Å²) < 4.78 is 6.72. The van der Waals surface area contributed by atoms with Gasteiger partial charge in [0, 0.05) is 11.0 Å². The van der Waals surface area contributed by atoms with Crippen LogP contribution in [0.4, 0.5) is 5.82 Å². The molecule has 0 radical (unpaired) electrons. The minimum Gasteiger partial charge on any atom is -0.437 e. The molecule has 2 aromatic rings. The Labute approximate surface area is 131 Å². The van der Waals surface area contributed by atoms with Crippen LogP contribution in [-0.2, 0) is 0 Å². The quantitative estimate of drug-likeness (QED) is 0.860. The van der Waals surface area contributed by atoms with Gasteiger partial charge in [0.2, 0.25) is 5.88 Å². The van der Waals surface area contributed by atoms with E-state index in [1.807, 2.05) is 26.8 Å². The monoisotopic (exact) mass is 355 g/mol. The van der Waals surface area contributed by atoms with Gasteiger partial charge in [-0.25, -0.2) is 4.98 Å². The van der Waals surface area contributed by atoms with Crippen molar-refractivity contribution in [3.63, 3.8) is 0 Å². The van der Waals surface area contributed by atoms with Gasteiger partial charge >= 0.3 is 0 Å². The van der Waals surface area contributed by atoms with Gasteiger partial charge in [-0.2, -0.15) is 4.98 Å². The number of hydrogen-bond donors (Lipinski definition) is 1. The molecular formula is C14H15BrClN3O. The number of aromatic nitrogens is 2. The molecule has 6 heteroatoms. The molecule has 0 unspecified atom stereocenters. The Morgan fingerprint density at radius 2 is 2.05 bits per heavy atom. The lowest BCUT2D eigenvalue weighted by molar-refractivity contribution is 0.456. The number of nitrogens with one attached hydrogen (secondary N) is 1. The number of anilines is 1. The molecule has 2 rings (SSSR count). The summed E-state index contributed by atoms with van der Waals surface area (Å²) in [6.45, 7) is 6.55. The van der Waals surface area contributed by atoms with Gasteiger partial charge in [-0.15, -0.1) is 0 Å². The Hall–Kier alpha value is -1.33. The molecule has 0 fully saturated rings. The van der Waals surface area contributed by atoms with Crippen LogP contribution in [0.5, 0.6) is 11.6 Å². The maximum absolute atomic E-state index is 6.16. The SMILES string of the molecule is CCNc1nc(C)nc(Oc2ccc(Br)cc2Cl)c1C. The first kappa shape index (κ1) is 15.1. The minimum atomic E-state index is 0.512. The van der Waals surface area contributed by atoms with E-state index in [4.69, 9.17) is 16.3 Å². The van der Waals surface area contributed by atoms with E-state index in [1.54, 1.807) is 12.1 Å². The van der Waals surface area contributed by atoms with E-state index in [2.05, 4.69) is 31.2 Å². The average Bonchev–Trinajstić information content (AvgIpc) is 2.38. The fourth-order valence-corrected chi connectivity index (χ4v) is 2.42. The first-order valence-corrected chi connectivity index (χ1v) is 7.40. The molecule has 0 aliphatic rings. The molecular weight excluding hydrogens is 342 g/mol. The van der Waals surface area contributed by atoms with Crippen molar-refractivity contribution in [3.05, 3.63) is 39.1 Å². The first-order valence-electron chi connectivity index (χ1n) is 6.23. The first-order chi connectivity index (χ1) is 9.51. The van der Waals surface area contributed by atoms with Gasteiger partial charge in [0.05, 0.1) is 10.6 Å². The number of nitrogens with zero attached hydrogens (tertiary/aromatic N) is 2. The van der Waals surface area contributed by atoms with Crippen molar-refractivity contribution in [1.82, 2.24) is 9.97 Å². The van der Waals surface area contributed by atoms with Gasteiger partial charge in [0.1, 0.15) is 17.4 Å². The number of rotatable bonds is 4. The molecule has 0 bridgehead atoms. The van der Waals surface area contributed by atoms with E-state index in [0.29, 0.717) is 22.5 Å². The normalized spacial score (nSPS) is 10.4. The van der Waals surface area contributed by atoms with Gasteiger partial charge < -0.3 is 10.1 Å². The molecule has 0 saturated heterocycles. The van der Waals surface area contributed by atoms with Gasteiger partial charge in [0.25, 0.3) is 0 Å². The smallest absolute Gasteiger partial charge is 0.227 e. The van der Waals surface area contributed by atoms with E-state index in [0.717, 1.165) is 22.4 Å². The second-order valence-corrected chi connectivity index (χ2v) is 5.58. The molecule has 1 aromatic heterocycles. The predicted octanol–water partition coefficient (Wildman–Crippen LogP) is 4.73. The Kier molecular flexibility index (Phi) is 4.83. The zero-order chi connectivity index (χ0) is 14.7. The van der Waals surface area contributed by atoms with Crippen molar-refractivity contribution in [2.75, 3.05) is 11.9 Å². The number of aryl methyl sites for hydroxylation is 1. The van der Waals surface area contributed by atoms with Crippen molar-refractivity contribution in [2.24, 2.45) is 0 Å². The summed E-state index contributed by atoms with van der Waals surface area (Å²) in [5, 5.41) is 3.72. The highest BCUT2D eigenvalue weighted by atomic mass is 79.9. The van der Waals surface area contributed by atoms with Crippen LogP contribution in [0.3, 0.4) is 0 Å². The summed E-state index contributed by atoms with van der Waals surface area (Å²) in [5.41, 5.74) is 0.858. The summed E-state index contributed by atoms with van der Waals surface area (Å²) in [6, 6.07) is 5.46. The highest BCUT2D eigenvalue weighted by Crippen LogP contribution is 2.33. The molecule has 0 aliphatic carbocycles. The standard InChI is InChI=1S/C14H15BrClN3O/c1-4-17-13-8(2)14(19-9(3)18-13)20-12-6-5-10(15)7-11(12)16/h5-7H,4H2,1-3H3,(H,17,18,19). The number of ether oxygens (including phenoxy) is 1.